The fraction of sp³-hybridized carbons (Fsp3) is 0.746. The van der Waals surface area contributed by atoms with Crippen molar-refractivity contribution in [3.63, 3.8) is 0 Å². The molecule has 0 saturated heterocycles. The second-order valence-corrected chi connectivity index (χ2v) is 29.2. The molecular formula is C63H109N11O18S. The van der Waals surface area contributed by atoms with Crippen LogP contribution in [0.15, 0.2) is 4.90 Å². The molecule has 1 aliphatic rings. The minimum absolute atomic E-state index is 0.00151. The second-order valence-electron chi connectivity index (χ2n) is 27.6. The smallest absolute Gasteiger partial charge is 0.408 e. The van der Waals surface area contributed by atoms with E-state index in [1.807, 2.05) is 13.8 Å². The number of rotatable bonds is 33. The molecule has 0 spiro atoms. The van der Waals surface area contributed by atoms with Crippen molar-refractivity contribution in [3.8, 4) is 5.75 Å². The summed E-state index contributed by atoms with van der Waals surface area (Å²) in [6.45, 7) is 32.1. The van der Waals surface area contributed by atoms with Crippen molar-refractivity contribution in [3.05, 3.63) is 22.3 Å². The Labute approximate surface area is 549 Å². The fourth-order valence-corrected chi connectivity index (χ4v) is 11.1. The van der Waals surface area contributed by atoms with Crippen LogP contribution >= 0.6 is 0 Å². The van der Waals surface area contributed by atoms with Crippen LogP contribution in [0.2, 0.25) is 0 Å². The van der Waals surface area contributed by atoms with Crippen LogP contribution in [-0.4, -0.2) is 188 Å². The Morgan fingerprint density at radius 3 is 1.68 bits per heavy atom. The Hall–Kier alpha value is -6.89. The predicted octanol–water partition coefficient (Wildman–Crippen LogP) is 2.26. The standard InChI is InChI=1S/C63H109N11O18S/c1-22-25-40(69-56(83)47(48(77)33(3)4)73-59(85)92-62(16,17)18)51(78)68-41(26-24-29-65-58(64)74-93(86,87)50-36(7)35(6)49-39(37(50)8)27-28-63(19,20)91-49)52(79)71-45(34(5)23-2)55(82)72-46(38(9)75)54(81)66-30-44(76)67-42(31-89-60(10,11)12)53(80)70-43(57(84)88-21)32-90-61(13,14)15/h33-34,38,40-43,45-48,75,77H,22-32H2,1-21H3,(H,66,81)(H,67,76)(H,68,78)(H,69,83)(H,70,80)(H,71,79)(H,72,82)(H,73,85)(H3,64,65,74)/t34-,38-,40-,41+,42-,43-,45-,46-,47-,48+/m0/s1. The summed E-state index contributed by atoms with van der Waals surface area (Å²) in [6, 6.07) is -10.4. The molecule has 0 radical (unpaired) electrons. The molecule has 1 aromatic carbocycles. The van der Waals surface area contributed by atoms with Crippen molar-refractivity contribution in [1.29, 1.82) is 5.41 Å². The maximum atomic E-state index is 14.7. The van der Waals surface area contributed by atoms with Gasteiger partial charge in [0.15, 0.2) is 6.04 Å². The monoisotopic (exact) mass is 1340 g/mol. The van der Waals surface area contributed by atoms with Crippen LogP contribution in [-0.2, 0) is 73.7 Å². The maximum absolute atomic E-state index is 14.7. The highest BCUT2D eigenvalue weighted by molar-refractivity contribution is 7.90. The Morgan fingerprint density at radius 1 is 0.634 bits per heavy atom. The Morgan fingerprint density at radius 2 is 1.15 bits per heavy atom. The third-order valence-corrected chi connectivity index (χ3v) is 16.7. The number of amides is 8. The van der Waals surface area contributed by atoms with Crippen molar-refractivity contribution in [1.82, 2.24) is 52.6 Å². The lowest BCUT2D eigenvalue weighted by molar-refractivity contribution is -0.149. The van der Waals surface area contributed by atoms with E-state index in [1.54, 1.807) is 118 Å². The van der Waals surface area contributed by atoms with Crippen LogP contribution in [0.3, 0.4) is 0 Å². The van der Waals surface area contributed by atoms with Gasteiger partial charge in [0.25, 0.3) is 10.0 Å². The quantitative estimate of drug-likeness (QED) is 0.0208. The molecule has 530 valence electrons. The van der Waals surface area contributed by atoms with Crippen LogP contribution < -0.4 is 57.3 Å². The summed E-state index contributed by atoms with van der Waals surface area (Å²) in [5, 5.41) is 53.5. The number of esters is 1. The van der Waals surface area contributed by atoms with E-state index in [0.717, 1.165) is 12.7 Å². The van der Waals surface area contributed by atoms with Gasteiger partial charge in [-0.2, -0.15) is 0 Å². The normalized spacial score (nSPS) is 16.4. The highest BCUT2D eigenvalue weighted by Gasteiger charge is 2.39. The summed E-state index contributed by atoms with van der Waals surface area (Å²) in [5.41, 5.74) is -0.600. The molecule has 30 heteroatoms. The van der Waals surface area contributed by atoms with Crippen LogP contribution in [0.4, 0.5) is 4.79 Å². The summed E-state index contributed by atoms with van der Waals surface area (Å²) in [4.78, 5) is 124. The zero-order valence-electron chi connectivity index (χ0n) is 58.5. The first-order valence-electron chi connectivity index (χ1n) is 31.7. The van der Waals surface area contributed by atoms with Gasteiger partial charge in [-0.25, -0.2) is 22.7 Å². The number of methoxy groups -OCH3 is 1. The van der Waals surface area contributed by atoms with Crippen molar-refractivity contribution in [2.45, 2.75) is 265 Å². The van der Waals surface area contributed by atoms with Gasteiger partial charge in [-0.3, -0.25) is 39.0 Å². The van der Waals surface area contributed by atoms with Gasteiger partial charge in [-0.1, -0.05) is 47.5 Å². The van der Waals surface area contributed by atoms with Gasteiger partial charge in [-0.15, -0.1) is 0 Å². The Bertz CT molecular complexity index is 2900. The molecule has 0 aliphatic carbocycles. The van der Waals surface area contributed by atoms with Crippen LogP contribution in [0, 0.1) is 38.0 Å². The first kappa shape index (κ1) is 82.2. The minimum atomic E-state index is -4.35. The van der Waals surface area contributed by atoms with E-state index in [-0.39, 0.29) is 50.3 Å². The van der Waals surface area contributed by atoms with E-state index in [4.69, 9.17) is 29.1 Å². The lowest BCUT2D eigenvalue weighted by Crippen LogP contribution is -2.62. The first-order valence-corrected chi connectivity index (χ1v) is 33.2. The number of sulfonamides is 1. The van der Waals surface area contributed by atoms with Gasteiger partial charge < -0.3 is 81.7 Å². The van der Waals surface area contributed by atoms with Gasteiger partial charge in [0.1, 0.15) is 53.2 Å². The predicted molar refractivity (Wildman–Crippen MR) is 347 cm³/mol. The molecule has 93 heavy (non-hydrogen) atoms. The van der Waals surface area contributed by atoms with Gasteiger partial charge in [0.05, 0.1) is 55.2 Å². The van der Waals surface area contributed by atoms with Crippen LogP contribution in [0.25, 0.3) is 0 Å². The molecule has 1 aliphatic heterocycles. The molecule has 0 aromatic heterocycles. The molecular weight excluding hydrogens is 1230 g/mol. The second kappa shape index (κ2) is 35.6. The number of hydrogen-bond donors (Lipinski definition) is 13. The van der Waals surface area contributed by atoms with E-state index in [2.05, 4.69) is 52.6 Å². The number of hydrogen-bond acceptors (Lipinski definition) is 19. The summed E-state index contributed by atoms with van der Waals surface area (Å²) in [6.07, 6.45) is -2.58. The molecule has 13 N–H and O–H groups in total. The molecule has 2 rings (SSSR count). The van der Waals surface area contributed by atoms with E-state index < -0.39 is 165 Å². The molecule has 10 atom stereocenters. The molecule has 0 saturated carbocycles. The van der Waals surface area contributed by atoms with E-state index in [1.165, 1.54) is 6.92 Å². The molecule has 8 amide bonds. The molecule has 0 bridgehead atoms. The topological polar surface area (TPSA) is 419 Å². The molecule has 1 aromatic rings. The van der Waals surface area contributed by atoms with Crippen LogP contribution in [0.5, 0.6) is 5.75 Å². The Kier molecular flexibility index (Phi) is 31.4. The van der Waals surface area contributed by atoms with Gasteiger partial charge >= 0.3 is 12.1 Å². The number of alkyl carbamates (subject to hydrolysis) is 1. The number of ether oxygens (including phenoxy) is 5. The lowest BCUT2D eigenvalue weighted by atomic mass is 9.88. The highest BCUT2D eigenvalue weighted by Crippen LogP contribution is 2.42. The van der Waals surface area contributed by atoms with Crippen molar-refractivity contribution in [2.24, 2.45) is 11.8 Å². The van der Waals surface area contributed by atoms with Crippen molar-refractivity contribution >= 4 is 69.4 Å². The molecule has 29 nitrogen and oxygen atoms in total. The number of aliphatic hydroxyl groups is 2. The van der Waals surface area contributed by atoms with Crippen molar-refractivity contribution in [2.75, 3.05) is 33.4 Å². The number of nitrogens with one attached hydrogen (secondary N) is 11. The van der Waals surface area contributed by atoms with Crippen molar-refractivity contribution < 1.29 is 85.5 Å². The number of guanidine groups is 1. The number of carbonyl (C=O) groups excluding carboxylic acids is 9. The number of fused-ring (bicyclic) bond motifs is 1. The Balaban J connectivity index is 2.50. The van der Waals surface area contributed by atoms with E-state index in [0.29, 0.717) is 41.7 Å². The largest absolute Gasteiger partial charge is 0.487 e. The SMILES string of the molecule is CCC[C@H](NC(=O)[C@@H](NC(=O)OC(C)(C)C)[C@H](O)C(C)C)C(=O)N[C@H](CCCNC(=N)NS(=O)(=O)c1c(C)c(C)c2c(c1C)CCC(C)(C)O2)C(=O)N[C@H](C(=O)N[C@H](C(=O)NCC(=O)N[C@@H](COC(C)(C)C)C(=O)N[C@@H](COC(C)(C)C)C(=O)OC)[C@H](C)O)[C@@H](C)CC. The fourth-order valence-electron chi connectivity index (χ4n) is 9.54. The minimum Gasteiger partial charge on any atom is -0.487 e. The van der Waals surface area contributed by atoms with Gasteiger partial charge in [0.2, 0.25) is 47.3 Å². The summed E-state index contributed by atoms with van der Waals surface area (Å²) >= 11 is 0. The lowest BCUT2D eigenvalue weighted by Gasteiger charge is -2.35. The highest BCUT2D eigenvalue weighted by atomic mass is 32.2. The first-order chi connectivity index (χ1) is 42.7. The molecule has 1 heterocycles. The summed E-state index contributed by atoms with van der Waals surface area (Å²) in [5.74, 6) is -8.64. The zero-order chi connectivity index (χ0) is 71.5. The average Bonchev–Trinajstić information content (AvgIpc) is 0.758. The van der Waals surface area contributed by atoms with E-state index in [9.17, 15) is 61.8 Å². The van der Waals surface area contributed by atoms with Gasteiger partial charge in [-0.05, 0) is 170 Å². The van der Waals surface area contributed by atoms with E-state index >= 15 is 0 Å². The number of benzene rings is 1. The summed E-state index contributed by atoms with van der Waals surface area (Å²) < 4.78 is 58.3. The number of carbonyl (C=O) groups is 9. The molecule has 0 unspecified atom stereocenters. The maximum Gasteiger partial charge on any atom is 0.408 e. The number of aliphatic hydroxyl groups excluding tert-OH is 2. The van der Waals surface area contributed by atoms with Gasteiger partial charge in [0, 0.05) is 6.54 Å². The summed E-state index contributed by atoms with van der Waals surface area (Å²) in [7, 11) is -3.23. The third kappa shape index (κ3) is 27.2. The molecule has 0 fully saturated rings. The third-order valence-electron chi connectivity index (χ3n) is 15.1. The van der Waals surface area contributed by atoms with Crippen LogP contribution in [0.1, 0.15) is 178 Å². The zero-order valence-corrected chi connectivity index (χ0v) is 59.3. The average molecular weight is 1340 g/mol.